The maximum absolute atomic E-state index is 13.3. The number of benzene rings is 1. The number of carbonyl (C=O) groups excluding carboxylic acids is 1. The summed E-state index contributed by atoms with van der Waals surface area (Å²) >= 11 is 0. The van der Waals surface area contributed by atoms with Gasteiger partial charge in [-0.15, -0.1) is 0 Å². The molecule has 0 radical (unpaired) electrons. The van der Waals surface area contributed by atoms with Gasteiger partial charge in [-0.1, -0.05) is 18.8 Å². The second-order valence-electron chi connectivity index (χ2n) is 5.55. The number of hydrogen-bond acceptors (Lipinski definition) is 2. The van der Waals surface area contributed by atoms with Crippen molar-refractivity contribution in [1.29, 1.82) is 0 Å². The molecule has 0 aliphatic heterocycles. The van der Waals surface area contributed by atoms with Gasteiger partial charge < -0.3 is 10.4 Å². The highest BCUT2D eigenvalue weighted by Gasteiger charge is 2.23. The van der Waals surface area contributed by atoms with E-state index >= 15 is 0 Å². The predicted molar refractivity (Wildman–Crippen MR) is 79.3 cm³/mol. The molecule has 1 aliphatic rings. The van der Waals surface area contributed by atoms with Crippen LogP contribution in [0.1, 0.15) is 48.5 Å². The molecule has 0 bridgehead atoms. The highest BCUT2D eigenvalue weighted by atomic mass is 19.1. The monoisotopic (exact) mass is 289 g/mol. The smallest absolute Gasteiger partial charge is 0.252 e. The Kier molecular flexibility index (Phi) is 5.35. The van der Waals surface area contributed by atoms with E-state index in [4.69, 9.17) is 5.11 Å². The van der Waals surface area contributed by atoms with E-state index in [1.807, 2.05) is 0 Å². The van der Waals surface area contributed by atoms with E-state index in [9.17, 15) is 9.18 Å². The standard InChI is InChI=1S/C17H20FNO2/c1-12-5-7-15(10-12)19-17(21)16-8-6-14(18)11-13(16)4-2-3-9-20/h6,8,11-12,15,20H,3,5,7,9-10H2,1H3,(H,19,21). The molecule has 2 atom stereocenters. The summed E-state index contributed by atoms with van der Waals surface area (Å²) in [6, 6.07) is 4.18. The first-order valence-electron chi connectivity index (χ1n) is 7.30. The number of halogens is 1. The van der Waals surface area contributed by atoms with Crippen LogP contribution in [0, 0.1) is 23.6 Å². The summed E-state index contributed by atoms with van der Waals surface area (Å²) in [6.45, 7) is 2.12. The van der Waals surface area contributed by atoms with Crippen LogP contribution in [0.5, 0.6) is 0 Å². The van der Waals surface area contributed by atoms with Crippen molar-refractivity contribution in [3.8, 4) is 11.8 Å². The topological polar surface area (TPSA) is 49.3 Å². The van der Waals surface area contributed by atoms with Crippen LogP contribution in [0.2, 0.25) is 0 Å². The molecule has 2 N–H and O–H groups in total. The van der Waals surface area contributed by atoms with Crippen molar-refractivity contribution in [1.82, 2.24) is 5.32 Å². The quantitative estimate of drug-likeness (QED) is 0.840. The molecule has 2 unspecified atom stereocenters. The van der Waals surface area contributed by atoms with Crippen LogP contribution in [-0.2, 0) is 0 Å². The van der Waals surface area contributed by atoms with Crippen molar-refractivity contribution >= 4 is 5.91 Å². The summed E-state index contributed by atoms with van der Waals surface area (Å²) in [5.41, 5.74) is 0.758. The Morgan fingerprint density at radius 3 is 2.95 bits per heavy atom. The van der Waals surface area contributed by atoms with Crippen LogP contribution in [0.25, 0.3) is 0 Å². The predicted octanol–water partition coefficient (Wildman–Crippen LogP) is 2.48. The lowest BCUT2D eigenvalue weighted by Crippen LogP contribution is -2.33. The van der Waals surface area contributed by atoms with Gasteiger partial charge in [-0.2, -0.15) is 0 Å². The summed E-state index contributed by atoms with van der Waals surface area (Å²) < 4.78 is 13.3. The van der Waals surface area contributed by atoms with Gasteiger partial charge in [-0.05, 0) is 43.4 Å². The van der Waals surface area contributed by atoms with Gasteiger partial charge in [0.05, 0.1) is 12.2 Å². The lowest BCUT2D eigenvalue weighted by atomic mass is 10.1. The van der Waals surface area contributed by atoms with Crippen molar-refractivity contribution in [2.24, 2.45) is 5.92 Å². The Labute approximate surface area is 124 Å². The molecule has 0 spiro atoms. The molecule has 1 fully saturated rings. The minimum absolute atomic E-state index is 0.0518. The molecule has 1 saturated carbocycles. The molecule has 0 aromatic heterocycles. The van der Waals surface area contributed by atoms with Crippen molar-refractivity contribution in [3.63, 3.8) is 0 Å². The molecule has 0 saturated heterocycles. The summed E-state index contributed by atoms with van der Waals surface area (Å²) in [4.78, 5) is 12.3. The Balaban J connectivity index is 2.14. The van der Waals surface area contributed by atoms with E-state index in [-0.39, 0.29) is 18.6 Å². The van der Waals surface area contributed by atoms with E-state index in [0.717, 1.165) is 19.3 Å². The highest BCUT2D eigenvalue weighted by molar-refractivity contribution is 5.96. The van der Waals surface area contributed by atoms with Gasteiger partial charge in [-0.25, -0.2) is 4.39 Å². The van der Waals surface area contributed by atoms with Gasteiger partial charge in [0.25, 0.3) is 5.91 Å². The third kappa shape index (κ3) is 4.30. The van der Waals surface area contributed by atoms with Crippen molar-refractivity contribution in [3.05, 3.63) is 35.1 Å². The number of hydrogen-bond donors (Lipinski definition) is 2. The zero-order chi connectivity index (χ0) is 15.2. The molecule has 0 heterocycles. The first kappa shape index (κ1) is 15.5. The van der Waals surface area contributed by atoms with Crippen LogP contribution < -0.4 is 5.32 Å². The largest absolute Gasteiger partial charge is 0.395 e. The van der Waals surface area contributed by atoms with E-state index in [1.165, 1.54) is 18.2 Å². The molecule has 4 heteroatoms. The number of aliphatic hydroxyl groups excluding tert-OH is 1. The number of nitrogens with one attached hydrogen (secondary N) is 1. The fourth-order valence-corrected chi connectivity index (χ4v) is 2.63. The average Bonchev–Trinajstić information content (AvgIpc) is 2.84. The van der Waals surface area contributed by atoms with Gasteiger partial charge in [0, 0.05) is 18.0 Å². The van der Waals surface area contributed by atoms with Gasteiger partial charge in [0.15, 0.2) is 0 Å². The third-order valence-electron chi connectivity index (χ3n) is 3.72. The lowest BCUT2D eigenvalue weighted by molar-refractivity contribution is 0.0937. The first-order valence-corrected chi connectivity index (χ1v) is 7.30. The fourth-order valence-electron chi connectivity index (χ4n) is 2.63. The summed E-state index contributed by atoms with van der Waals surface area (Å²) in [5.74, 6) is 5.49. The number of amides is 1. The van der Waals surface area contributed by atoms with Gasteiger partial charge >= 0.3 is 0 Å². The second-order valence-corrected chi connectivity index (χ2v) is 5.55. The third-order valence-corrected chi connectivity index (χ3v) is 3.72. The van der Waals surface area contributed by atoms with Crippen LogP contribution in [0.4, 0.5) is 4.39 Å². The average molecular weight is 289 g/mol. The van der Waals surface area contributed by atoms with Crippen LogP contribution in [0.3, 0.4) is 0 Å². The van der Waals surface area contributed by atoms with Gasteiger partial charge in [0.2, 0.25) is 0 Å². The van der Waals surface area contributed by atoms with Crippen molar-refractivity contribution in [2.75, 3.05) is 6.61 Å². The van der Waals surface area contributed by atoms with Gasteiger partial charge in [0.1, 0.15) is 5.82 Å². The molecule has 2 rings (SSSR count). The minimum atomic E-state index is -0.422. The molecule has 1 aliphatic carbocycles. The van der Waals surface area contributed by atoms with Crippen LogP contribution in [-0.4, -0.2) is 23.7 Å². The normalized spacial score (nSPS) is 20.7. The van der Waals surface area contributed by atoms with E-state index < -0.39 is 5.82 Å². The molecule has 3 nitrogen and oxygen atoms in total. The molecule has 1 aromatic carbocycles. The summed E-state index contributed by atoms with van der Waals surface area (Å²) in [6.07, 6.45) is 3.40. The number of rotatable bonds is 3. The maximum Gasteiger partial charge on any atom is 0.252 e. The molecule has 1 amide bonds. The molecular formula is C17H20FNO2. The Morgan fingerprint density at radius 1 is 1.48 bits per heavy atom. The molecular weight excluding hydrogens is 269 g/mol. The minimum Gasteiger partial charge on any atom is -0.395 e. The first-order chi connectivity index (χ1) is 10.1. The zero-order valence-electron chi connectivity index (χ0n) is 12.2. The highest BCUT2D eigenvalue weighted by Crippen LogP contribution is 2.25. The summed E-state index contributed by atoms with van der Waals surface area (Å²) in [7, 11) is 0. The molecule has 21 heavy (non-hydrogen) atoms. The Morgan fingerprint density at radius 2 is 2.29 bits per heavy atom. The van der Waals surface area contributed by atoms with Crippen LogP contribution in [0.15, 0.2) is 18.2 Å². The van der Waals surface area contributed by atoms with E-state index in [0.29, 0.717) is 23.5 Å². The Hall–Kier alpha value is -1.86. The van der Waals surface area contributed by atoms with Gasteiger partial charge in [-0.3, -0.25) is 4.79 Å². The fraction of sp³-hybridized carbons (Fsp3) is 0.471. The zero-order valence-corrected chi connectivity index (χ0v) is 12.2. The maximum atomic E-state index is 13.3. The SMILES string of the molecule is CC1CCC(NC(=O)c2ccc(F)cc2C#CCCO)C1. The van der Waals surface area contributed by atoms with Crippen molar-refractivity contribution in [2.45, 2.75) is 38.6 Å². The Bertz CT molecular complexity index is 574. The molecule has 1 aromatic rings. The number of carbonyl (C=O) groups is 1. The number of aliphatic hydroxyl groups is 1. The van der Waals surface area contributed by atoms with Crippen LogP contribution >= 0.6 is 0 Å². The summed E-state index contributed by atoms with van der Waals surface area (Å²) in [5, 5.41) is 11.7. The lowest BCUT2D eigenvalue weighted by Gasteiger charge is -2.13. The van der Waals surface area contributed by atoms with E-state index in [1.54, 1.807) is 0 Å². The molecule has 112 valence electrons. The van der Waals surface area contributed by atoms with E-state index in [2.05, 4.69) is 24.1 Å². The van der Waals surface area contributed by atoms with Crippen molar-refractivity contribution < 1.29 is 14.3 Å². The second kappa shape index (κ2) is 7.24.